The van der Waals surface area contributed by atoms with Gasteiger partial charge in [0.25, 0.3) is 0 Å². The molecule has 0 aromatic rings. The minimum atomic E-state index is 1.21. The zero-order chi connectivity index (χ0) is 9.78. The highest BCUT2D eigenvalue weighted by Gasteiger charge is 1.82. The Bertz CT molecular complexity index is 161. The molecule has 0 amide bonds. The summed E-state index contributed by atoms with van der Waals surface area (Å²) in [6.07, 6.45) is 18.7. The molecule has 0 rings (SSSR count). The molecule has 0 unspecified atom stereocenters. The van der Waals surface area contributed by atoms with Crippen LogP contribution < -0.4 is 0 Å². The van der Waals surface area contributed by atoms with Gasteiger partial charge in [0.05, 0.1) is 0 Å². The predicted octanol–water partition coefficient (Wildman–Crippen LogP) is 4.46. The average Bonchev–Trinajstić information content (AvgIpc) is 2.16. The first-order valence-corrected chi connectivity index (χ1v) is 5.19. The van der Waals surface area contributed by atoms with Crippen molar-refractivity contribution in [2.24, 2.45) is 0 Å². The topological polar surface area (TPSA) is 0 Å². The summed E-state index contributed by atoms with van der Waals surface area (Å²) in [7, 11) is 0. The Morgan fingerprint density at radius 1 is 0.923 bits per heavy atom. The first-order chi connectivity index (χ1) is 6.41. The highest BCUT2D eigenvalue weighted by molar-refractivity contribution is 5.11. The molecule has 0 bridgehead atoms. The van der Waals surface area contributed by atoms with Crippen LogP contribution >= 0.6 is 0 Å². The number of hydrogen-bond donors (Lipinski definition) is 0. The van der Waals surface area contributed by atoms with E-state index in [1.165, 1.54) is 32.1 Å². The van der Waals surface area contributed by atoms with E-state index >= 15 is 0 Å². The van der Waals surface area contributed by atoms with E-state index < -0.39 is 0 Å². The van der Waals surface area contributed by atoms with E-state index in [9.17, 15) is 0 Å². The molecule has 1 radical (unpaired) electrons. The van der Waals surface area contributed by atoms with E-state index in [-0.39, 0.29) is 0 Å². The summed E-state index contributed by atoms with van der Waals surface area (Å²) in [6.45, 7) is 5.84. The third-order valence-corrected chi connectivity index (χ3v) is 1.83. The average molecular weight is 177 g/mol. The molecule has 0 aliphatic heterocycles. The second-order valence-corrected chi connectivity index (χ2v) is 3.09. The monoisotopic (exact) mass is 177 g/mol. The molecular weight excluding hydrogens is 156 g/mol. The van der Waals surface area contributed by atoms with Gasteiger partial charge in [0.1, 0.15) is 0 Å². The molecule has 0 heterocycles. The van der Waals surface area contributed by atoms with Crippen molar-refractivity contribution < 1.29 is 0 Å². The van der Waals surface area contributed by atoms with E-state index in [1.807, 2.05) is 18.2 Å². The van der Waals surface area contributed by atoms with Gasteiger partial charge >= 0.3 is 0 Å². The standard InChI is InChI=1S/C13H21/c1-3-5-7-9-11-13-12-10-8-6-4-2/h3,5,7,9,11,13H,1,4,6,8,10,12H2,2H3. The van der Waals surface area contributed by atoms with Crippen molar-refractivity contribution in [1.82, 2.24) is 0 Å². The van der Waals surface area contributed by atoms with Gasteiger partial charge in [0.15, 0.2) is 0 Å². The van der Waals surface area contributed by atoms with Crippen molar-refractivity contribution in [1.29, 1.82) is 0 Å². The lowest BCUT2D eigenvalue weighted by Gasteiger charge is -1.92. The number of allylic oxidation sites excluding steroid dienone is 6. The van der Waals surface area contributed by atoms with E-state index in [2.05, 4.69) is 26.0 Å². The normalized spacial score (nSPS) is 12.5. The highest BCUT2D eigenvalue weighted by atomic mass is 13.9. The summed E-state index contributed by atoms with van der Waals surface area (Å²) in [5.41, 5.74) is 0. The fourth-order valence-electron chi connectivity index (χ4n) is 1.07. The maximum absolute atomic E-state index is 3.60. The number of rotatable bonds is 7. The zero-order valence-electron chi connectivity index (χ0n) is 8.71. The third-order valence-electron chi connectivity index (χ3n) is 1.83. The van der Waals surface area contributed by atoms with Crippen molar-refractivity contribution in [3.8, 4) is 0 Å². The Balaban J connectivity index is 3.21. The van der Waals surface area contributed by atoms with Crippen LogP contribution in [0.1, 0.15) is 39.0 Å². The summed E-state index contributed by atoms with van der Waals surface area (Å²) in [5.74, 6) is 0. The Labute approximate surface area is 83.0 Å². The number of unbranched alkanes of at least 4 members (excludes halogenated alkanes) is 4. The fraction of sp³-hybridized carbons (Fsp3) is 0.462. The highest BCUT2D eigenvalue weighted by Crippen LogP contribution is 2.02. The fourth-order valence-corrected chi connectivity index (χ4v) is 1.07. The molecule has 0 aliphatic rings. The van der Waals surface area contributed by atoms with Crippen LogP contribution in [0.2, 0.25) is 0 Å². The molecule has 0 aromatic heterocycles. The Morgan fingerprint density at radius 3 is 2.38 bits per heavy atom. The molecule has 0 saturated carbocycles. The van der Waals surface area contributed by atoms with Gasteiger partial charge in [0.2, 0.25) is 0 Å². The SMILES string of the molecule is [CH2]C=CC=CC=CCCCCCC. The lowest BCUT2D eigenvalue weighted by Crippen LogP contribution is -1.72. The van der Waals surface area contributed by atoms with E-state index in [0.717, 1.165) is 0 Å². The van der Waals surface area contributed by atoms with Gasteiger partial charge in [0, 0.05) is 0 Å². The van der Waals surface area contributed by atoms with Crippen molar-refractivity contribution in [2.75, 3.05) is 0 Å². The molecule has 0 N–H and O–H groups in total. The van der Waals surface area contributed by atoms with Gasteiger partial charge < -0.3 is 0 Å². The molecule has 0 spiro atoms. The molecular formula is C13H21. The molecule has 13 heavy (non-hydrogen) atoms. The molecule has 0 fully saturated rings. The van der Waals surface area contributed by atoms with Crippen molar-refractivity contribution >= 4 is 0 Å². The minimum Gasteiger partial charge on any atom is -0.0845 e. The summed E-state index contributed by atoms with van der Waals surface area (Å²) in [5, 5.41) is 0. The van der Waals surface area contributed by atoms with E-state index in [0.29, 0.717) is 0 Å². The van der Waals surface area contributed by atoms with Gasteiger partial charge in [-0.2, -0.15) is 0 Å². The summed E-state index contributed by atoms with van der Waals surface area (Å²) in [4.78, 5) is 0. The Kier molecular flexibility index (Phi) is 10.5. The second-order valence-electron chi connectivity index (χ2n) is 3.09. The summed E-state index contributed by atoms with van der Waals surface area (Å²) < 4.78 is 0. The summed E-state index contributed by atoms with van der Waals surface area (Å²) >= 11 is 0. The molecule has 0 heteroatoms. The van der Waals surface area contributed by atoms with Gasteiger partial charge in [-0.25, -0.2) is 0 Å². The first kappa shape index (κ1) is 12.2. The summed E-state index contributed by atoms with van der Waals surface area (Å²) in [6, 6.07) is 0. The van der Waals surface area contributed by atoms with Crippen LogP contribution in [0.5, 0.6) is 0 Å². The van der Waals surface area contributed by atoms with E-state index in [4.69, 9.17) is 0 Å². The van der Waals surface area contributed by atoms with Crippen molar-refractivity contribution in [2.45, 2.75) is 39.0 Å². The van der Waals surface area contributed by atoms with Crippen LogP contribution in [0.15, 0.2) is 36.5 Å². The van der Waals surface area contributed by atoms with Gasteiger partial charge in [-0.05, 0) is 19.8 Å². The molecule has 0 saturated heterocycles. The predicted molar refractivity (Wildman–Crippen MR) is 61.5 cm³/mol. The zero-order valence-corrected chi connectivity index (χ0v) is 8.71. The maximum atomic E-state index is 3.60. The van der Waals surface area contributed by atoms with Crippen LogP contribution in [-0.2, 0) is 0 Å². The molecule has 73 valence electrons. The smallest absolute Gasteiger partial charge is 0.0313 e. The van der Waals surface area contributed by atoms with Crippen molar-refractivity contribution in [3.05, 3.63) is 43.4 Å². The molecule has 0 nitrogen and oxygen atoms in total. The lowest BCUT2D eigenvalue weighted by atomic mass is 10.1. The van der Waals surface area contributed by atoms with Crippen LogP contribution in [0.3, 0.4) is 0 Å². The molecule has 0 aromatic carbocycles. The Morgan fingerprint density at radius 2 is 1.69 bits per heavy atom. The largest absolute Gasteiger partial charge is 0.0845 e. The van der Waals surface area contributed by atoms with E-state index in [1.54, 1.807) is 6.08 Å². The van der Waals surface area contributed by atoms with Crippen LogP contribution in [0.4, 0.5) is 0 Å². The second kappa shape index (κ2) is 11.2. The van der Waals surface area contributed by atoms with Crippen molar-refractivity contribution in [3.63, 3.8) is 0 Å². The maximum Gasteiger partial charge on any atom is -0.0313 e. The van der Waals surface area contributed by atoms with Crippen LogP contribution in [0, 0.1) is 6.92 Å². The van der Waals surface area contributed by atoms with Crippen LogP contribution in [-0.4, -0.2) is 0 Å². The number of hydrogen-bond acceptors (Lipinski definition) is 0. The Hall–Kier alpha value is -0.780. The third kappa shape index (κ3) is 11.2. The quantitative estimate of drug-likeness (QED) is 0.398. The van der Waals surface area contributed by atoms with Gasteiger partial charge in [-0.3, -0.25) is 0 Å². The van der Waals surface area contributed by atoms with Crippen LogP contribution in [0.25, 0.3) is 0 Å². The van der Waals surface area contributed by atoms with Gasteiger partial charge in [-0.15, -0.1) is 0 Å². The molecule has 0 atom stereocenters. The lowest BCUT2D eigenvalue weighted by molar-refractivity contribution is 0.674. The first-order valence-electron chi connectivity index (χ1n) is 5.19. The minimum absolute atomic E-state index is 1.21. The molecule has 0 aliphatic carbocycles. The van der Waals surface area contributed by atoms with Gasteiger partial charge in [-0.1, -0.05) is 62.6 Å².